The zero-order valence-electron chi connectivity index (χ0n) is 15.4. The van der Waals surface area contributed by atoms with Gasteiger partial charge in [-0.25, -0.2) is 9.97 Å². The number of rotatable bonds is 6. The Morgan fingerprint density at radius 1 is 0.931 bits per heavy atom. The number of carbonyl (C=O) groups is 2. The van der Waals surface area contributed by atoms with Crippen LogP contribution in [0.3, 0.4) is 0 Å². The first-order valence-corrected chi connectivity index (χ1v) is 9.86. The molecular formula is C22H17BrN4O2. The summed E-state index contributed by atoms with van der Waals surface area (Å²) in [5.41, 5.74) is 3.03. The van der Waals surface area contributed by atoms with E-state index in [0.29, 0.717) is 17.1 Å². The minimum Gasteiger partial charge on any atom is -0.325 e. The summed E-state index contributed by atoms with van der Waals surface area (Å²) in [4.78, 5) is 33.1. The number of Topliss-reactive ketones (excluding diaryl/α,β-unsaturated/α-hetero) is 1. The van der Waals surface area contributed by atoms with E-state index in [4.69, 9.17) is 0 Å². The summed E-state index contributed by atoms with van der Waals surface area (Å²) in [6.07, 6.45) is 3.58. The Balaban J connectivity index is 1.36. The average Bonchev–Trinajstić information content (AvgIpc) is 3.17. The minimum absolute atomic E-state index is 0.0619. The van der Waals surface area contributed by atoms with Gasteiger partial charge >= 0.3 is 0 Å². The topological polar surface area (TPSA) is 76.9 Å². The van der Waals surface area contributed by atoms with Crippen LogP contribution < -0.4 is 5.32 Å². The Morgan fingerprint density at radius 2 is 1.72 bits per heavy atom. The Morgan fingerprint density at radius 3 is 2.48 bits per heavy atom. The number of hydrogen-bond acceptors (Lipinski definition) is 4. The van der Waals surface area contributed by atoms with Gasteiger partial charge in [-0.2, -0.15) is 0 Å². The fourth-order valence-corrected chi connectivity index (χ4v) is 3.24. The second-order valence-corrected chi connectivity index (χ2v) is 7.40. The molecule has 0 unspecified atom stereocenters. The molecule has 2 heterocycles. The van der Waals surface area contributed by atoms with Crippen LogP contribution in [-0.2, 0) is 4.79 Å². The molecule has 2 aromatic carbocycles. The summed E-state index contributed by atoms with van der Waals surface area (Å²) in [7, 11) is 0. The van der Waals surface area contributed by atoms with Crippen molar-refractivity contribution in [1.29, 1.82) is 0 Å². The minimum atomic E-state index is -0.224. The van der Waals surface area contributed by atoms with Crippen molar-refractivity contribution in [3.05, 3.63) is 83.2 Å². The molecule has 144 valence electrons. The van der Waals surface area contributed by atoms with E-state index < -0.39 is 0 Å². The molecule has 0 aliphatic heterocycles. The van der Waals surface area contributed by atoms with Gasteiger partial charge in [-0.05, 0) is 36.4 Å². The van der Waals surface area contributed by atoms with Gasteiger partial charge in [0.2, 0.25) is 5.91 Å². The Bertz CT molecular complexity index is 1170. The van der Waals surface area contributed by atoms with E-state index in [9.17, 15) is 9.59 Å². The van der Waals surface area contributed by atoms with E-state index in [1.807, 2.05) is 47.0 Å². The molecule has 0 fully saturated rings. The number of imidazole rings is 1. The van der Waals surface area contributed by atoms with E-state index in [0.717, 1.165) is 15.5 Å². The van der Waals surface area contributed by atoms with Crippen LogP contribution in [0.4, 0.5) is 5.69 Å². The second kappa shape index (κ2) is 8.36. The van der Waals surface area contributed by atoms with Crippen molar-refractivity contribution in [2.45, 2.75) is 12.8 Å². The van der Waals surface area contributed by atoms with Gasteiger partial charge in [-0.3, -0.25) is 14.2 Å². The highest BCUT2D eigenvalue weighted by atomic mass is 79.9. The lowest BCUT2D eigenvalue weighted by Gasteiger charge is -2.07. The lowest BCUT2D eigenvalue weighted by atomic mass is 10.1. The van der Waals surface area contributed by atoms with Crippen LogP contribution in [-0.4, -0.2) is 26.2 Å². The van der Waals surface area contributed by atoms with Gasteiger partial charge in [0.05, 0.1) is 22.9 Å². The van der Waals surface area contributed by atoms with Crippen LogP contribution in [0, 0.1) is 0 Å². The molecule has 6 nitrogen and oxygen atoms in total. The maximum atomic E-state index is 12.2. The normalized spacial score (nSPS) is 10.8. The van der Waals surface area contributed by atoms with E-state index in [-0.39, 0.29) is 24.5 Å². The highest BCUT2D eigenvalue weighted by Gasteiger charge is 2.10. The third-order valence-electron chi connectivity index (χ3n) is 4.48. The molecule has 29 heavy (non-hydrogen) atoms. The Kier molecular flexibility index (Phi) is 5.48. The van der Waals surface area contributed by atoms with Crippen molar-refractivity contribution in [1.82, 2.24) is 14.5 Å². The molecule has 0 aliphatic rings. The maximum absolute atomic E-state index is 12.2. The van der Waals surface area contributed by atoms with Crippen molar-refractivity contribution in [3.63, 3.8) is 0 Å². The summed E-state index contributed by atoms with van der Waals surface area (Å²) in [6, 6.07) is 18.5. The summed E-state index contributed by atoms with van der Waals surface area (Å²) in [5, 5.41) is 2.78. The lowest BCUT2D eigenvalue weighted by molar-refractivity contribution is -0.116. The first-order valence-electron chi connectivity index (χ1n) is 9.07. The number of pyridine rings is 1. The van der Waals surface area contributed by atoms with E-state index >= 15 is 0 Å². The number of nitrogens with zero attached hydrogens (tertiary/aromatic N) is 3. The summed E-state index contributed by atoms with van der Waals surface area (Å²) < 4.78 is 2.80. The standard InChI is InChI=1S/C22H17BrN4O2/c23-16-7-5-15(6-8-16)20(28)10-12-22(29)26-17-9-11-21(24-13-17)27-14-25-18-3-1-2-4-19(18)27/h1-9,11,13-14H,10,12H2,(H,26,29). The summed E-state index contributed by atoms with van der Waals surface area (Å²) >= 11 is 3.34. The summed E-state index contributed by atoms with van der Waals surface area (Å²) in [6.45, 7) is 0. The van der Waals surface area contributed by atoms with Crippen LogP contribution >= 0.6 is 15.9 Å². The number of ketones is 1. The van der Waals surface area contributed by atoms with E-state index in [1.165, 1.54) is 0 Å². The largest absolute Gasteiger partial charge is 0.325 e. The molecule has 1 N–H and O–H groups in total. The van der Waals surface area contributed by atoms with Gasteiger partial charge in [0.15, 0.2) is 5.78 Å². The van der Waals surface area contributed by atoms with Crippen molar-refractivity contribution in [2.24, 2.45) is 0 Å². The molecule has 0 saturated heterocycles. The number of benzene rings is 2. The van der Waals surface area contributed by atoms with Gasteiger partial charge in [-0.15, -0.1) is 0 Å². The lowest BCUT2D eigenvalue weighted by Crippen LogP contribution is -2.13. The fraction of sp³-hybridized carbons (Fsp3) is 0.0909. The van der Waals surface area contributed by atoms with Crippen LogP contribution in [0.25, 0.3) is 16.9 Å². The van der Waals surface area contributed by atoms with E-state index in [2.05, 4.69) is 31.2 Å². The number of halogens is 1. The molecule has 0 spiro atoms. The predicted octanol–water partition coefficient (Wildman–Crippen LogP) is 4.78. The first-order chi connectivity index (χ1) is 14.1. The summed E-state index contributed by atoms with van der Waals surface area (Å²) in [5.74, 6) is 0.424. The number of hydrogen-bond donors (Lipinski definition) is 1. The van der Waals surface area contributed by atoms with Crippen LogP contribution in [0.15, 0.2) is 77.7 Å². The number of amides is 1. The Labute approximate surface area is 175 Å². The monoisotopic (exact) mass is 448 g/mol. The maximum Gasteiger partial charge on any atom is 0.224 e. The van der Waals surface area contributed by atoms with E-state index in [1.54, 1.807) is 30.7 Å². The van der Waals surface area contributed by atoms with Gasteiger partial charge in [0.25, 0.3) is 0 Å². The molecule has 0 aliphatic carbocycles. The third kappa shape index (κ3) is 4.41. The molecule has 0 atom stereocenters. The molecule has 7 heteroatoms. The molecule has 4 rings (SSSR count). The first kappa shape index (κ1) is 19.0. The SMILES string of the molecule is O=C(CCC(=O)c1ccc(Br)cc1)Nc1ccc(-n2cnc3ccccc32)nc1. The third-order valence-corrected chi connectivity index (χ3v) is 5.01. The smallest absolute Gasteiger partial charge is 0.224 e. The molecular weight excluding hydrogens is 432 g/mol. The fourth-order valence-electron chi connectivity index (χ4n) is 2.97. The van der Waals surface area contributed by atoms with Crippen molar-refractivity contribution >= 4 is 44.3 Å². The zero-order valence-corrected chi connectivity index (χ0v) is 17.0. The number of anilines is 1. The zero-order chi connectivity index (χ0) is 20.2. The Hall–Kier alpha value is -3.32. The van der Waals surface area contributed by atoms with Gasteiger partial charge in [0.1, 0.15) is 12.1 Å². The number of carbonyl (C=O) groups excluding carboxylic acids is 2. The predicted molar refractivity (Wildman–Crippen MR) is 115 cm³/mol. The van der Waals surface area contributed by atoms with Crippen molar-refractivity contribution < 1.29 is 9.59 Å². The molecule has 2 aromatic heterocycles. The number of para-hydroxylation sites is 2. The highest BCUT2D eigenvalue weighted by molar-refractivity contribution is 9.10. The van der Waals surface area contributed by atoms with Crippen molar-refractivity contribution in [2.75, 3.05) is 5.32 Å². The number of nitrogens with one attached hydrogen (secondary N) is 1. The van der Waals surface area contributed by atoms with Crippen LogP contribution in [0.1, 0.15) is 23.2 Å². The number of fused-ring (bicyclic) bond motifs is 1. The van der Waals surface area contributed by atoms with Gasteiger partial charge in [0, 0.05) is 22.9 Å². The molecule has 4 aromatic rings. The molecule has 0 bridgehead atoms. The second-order valence-electron chi connectivity index (χ2n) is 6.49. The van der Waals surface area contributed by atoms with Crippen molar-refractivity contribution in [3.8, 4) is 5.82 Å². The van der Waals surface area contributed by atoms with Crippen LogP contribution in [0.2, 0.25) is 0 Å². The number of aromatic nitrogens is 3. The van der Waals surface area contributed by atoms with Crippen LogP contribution in [0.5, 0.6) is 0 Å². The molecule has 1 amide bonds. The highest BCUT2D eigenvalue weighted by Crippen LogP contribution is 2.18. The van der Waals surface area contributed by atoms with Gasteiger partial charge < -0.3 is 5.32 Å². The quantitative estimate of drug-likeness (QED) is 0.430. The average molecular weight is 449 g/mol. The molecule has 0 radical (unpaired) electrons. The molecule has 0 saturated carbocycles. The van der Waals surface area contributed by atoms with Gasteiger partial charge in [-0.1, -0.05) is 40.2 Å².